The van der Waals surface area contributed by atoms with Gasteiger partial charge < -0.3 is 5.32 Å². The number of hydrogen-bond acceptors (Lipinski definition) is 4. The fourth-order valence-electron chi connectivity index (χ4n) is 2.82. The zero-order chi connectivity index (χ0) is 20.3. The predicted octanol–water partition coefficient (Wildman–Crippen LogP) is 3.25. The predicted molar refractivity (Wildman–Crippen MR) is 109 cm³/mol. The Hall–Kier alpha value is -3.17. The molecule has 0 aliphatic carbocycles. The molecular formula is C19H21N5O3S. The van der Waals surface area contributed by atoms with Gasteiger partial charge in [0.05, 0.1) is 10.6 Å². The highest BCUT2D eigenvalue weighted by molar-refractivity contribution is 7.89. The van der Waals surface area contributed by atoms with Crippen LogP contribution in [0.15, 0.2) is 53.4 Å². The molecule has 0 spiro atoms. The molecule has 0 aliphatic heterocycles. The maximum Gasteiger partial charge on any atom is 0.324 e. The van der Waals surface area contributed by atoms with Gasteiger partial charge in [-0.25, -0.2) is 17.9 Å². The molecule has 0 bridgehead atoms. The van der Waals surface area contributed by atoms with Crippen molar-refractivity contribution in [3.05, 3.63) is 59.7 Å². The summed E-state index contributed by atoms with van der Waals surface area (Å²) in [5, 5.41) is 12.3. The molecule has 3 rings (SSSR count). The molecule has 1 aromatic heterocycles. The summed E-state index contributed by atoms with van der Waals surface area (Å²) >= 11 is 0. The zero-order valence-corrected chi connectivity index (χ0v) is 16.5. The maximum atomic E-state index is 12.3. The van der Waals surface area contributed by atoms with Gasteiger partial charge in [0.25, 0.3) is 0 Å². The van der Waals surface area contributed by atoms with E-state index < -0.39 is 16.1 Å². The van der Waals surface area contributed by atoms with E-state index in [0.717, 1.165) is 16.8 Å². The molecule has 0 fully saturated rings. The van der Waals surface area contributed by atoms with Crippen molar-refractivity contribution in [3.63, 3.8) is 0 Å². The minimum Gasteiger partial charge on any atom is -0.307 e. The third-order valence-electron chi connectivity index (χ3n) is 4.35. The van der Waals surface area contributed by atoms with E-state index in [1.165, 1.54) is 13.1 Å². The van der Waals surface area contributed by atoms with Gasteiger partial charge in [-0.2, -0.15) is 5.10 Å². The van der Waals surface area contributed by atoms with Crippen LogP contribution >= 0.6 is 0 Å². The summed E-state index contributed by atoms with van der Waals surface area (Å²) in [6.07, 6.45) is 0. The number of H-pyrrole nitrogens is 1. The van der Waals surface area contributed by atoms with Crippen LogP contribution in [0.25, 0.3) is 11.3 Å². The number of carbonyl (C=O) groups is 1. The summed E-state index contributed by atoms with van der Waals surface area (Å²) in [6, 6.07) is 13.7. The highest BCUT2D eigenvalue weighted by atomic mass is 32.2. The molecule has 0 saturated carbocycles. The van der Waals surface area contributed by atoms with Gasteiger partial charge in [0.15, 0.2) is 5.82 Å². The first kappa shape index (κ1) is 19.6. The van der Waals surface area contributed by atoms with E-state index in [4.69, 9.17) is 0 Å². The average molecular weight is 399 g/mol. The molecule has 0 atom stereocenters. The fourth-order valence-corrected chi connectivity index (χ4v) is 3.81. The number of carbonyl (C=O) groups excluding carboxylic acids is 1. The van der Waals surface area contributed by atoms with Gasteiger partial charge in [0.1, 0.15) is 0 Å². The summed E-state index contributed by atoms with van der Waals surface area (Å²) in [5.41, 5.74) is 3.69. The lowest BCUT2D eigenvalue weighted by Gasteiger charge is -2.12. The van der Waals surface area contributed by atoms with Crippen LogP contribution in [0.1, 0.15) is 11.1 Å². The smallest absolute Gasteiger partial charge is 0.307 e. The number of sulfonamides is 1. The van der Waals surface area contributed by atoms with Crippen LogP contribution in [-0.2, 0) is 10.0 Å². The number of aromatic amines is 1. The van der Waals surface area contributed by atoms with E-state index in [9.17, 15) is 13.2 Å². The number of nitrogens with one attached hydrogen (secondary N) is 4. The van der Waals surface area contributed by atoms with Crippen molar-refractivity contribution in [3.8, 4) is 11.3 Å². The minimum absolute atomic E-state index is 0.106. The van der Waals surface area contributed by atoms with Gasteiger partial charge in [-0.1, -0.05) is 30.3 Å². The van der Waals surface area contributed by atoms with Gasteiger partial charge in [-0.05, 0) is 44.2 Å². The van der Waals surface area contributed by atoms with E-state index in [1.54, 1.807) is 25.1 Å². The maximum absolute atomic E-state index is 12.3. The van der Waals surface area contributed by atoms with Crippen LogP contribution in [0.3, 0.4) is 0 Å². The van der Waals surface area contributed by atoms with Crippen LogP contribution in [0.5, 0.6) is 0 Å². The Bertz CT molecular complexity index is 1120. The van der Waals surface area contributed by atoms with Crippen molar-refractivity contribution in [2.24, 2.45) is 0 Å². The Morgan fingerprint density at radius 3 is 2.50 bits per heavy atom. The molecule has 0 saturated heterocycles. The van der Waals surface area contributed by atoms with Crippen molar-refractivity contribution in [2.75, 3.05) is 17.7 Å². The van der Waals surface area contributed by atoms with Gasteiger partial charge in [0, 0.05) is 17.3 Å². The lowest BCUT2D eigenvalue weighted by atomic mass is 10.1. The summed E-state index contributed by atoms with van der Waals surface area (Å²) in [4.78, 5) is 12.4. The van der Waals surface area contributed by atoms with Crippen molar-refractivity contribution in [1.29, 1.82) is 0 Å². The summed E-state index contributed by atoms with van der Waals surface area (Å²) in [5.74, 6) is 0.354. The van der Waals surface area contributed by atoms with E-state index in [1.807, 2.05) is 31.2 Å². The lowest BCUT2D eigenvalue weighted by Crippen LogP contribution is -2.22. The Morgan fingerprint density at radius 2 is 1.79 bits per heavy atom. The van der Waals surface area contributed by atoms with Gasteiger partial charge >= 0.3 is 6.03 Å². The Morgan fingerprint density at radius 1 is 1.04 bits per heavy atom. The van der Waals surface area contributed by atoms with Gasteiger partial charge in [0.2, 0.25) is 10.0 Å². The van der Waals surface area contributed by atoms with Crippen molar-refractivity contribution in [1.82, 2.24) is 14.9 Å². The summed E-state index contributed by atoms with van der Waals surface area (Å²) in [7, 11) is -2.28. The fraction of sp³-hybridized carbons (Fsp3) is 0.158. The molecule has 0 aliphatic rings. The number of hydrogen-bond donors (Lipinski definition) is 4. The largest absolute Gasteiger partial charge is 0.324 e. The third kappa shape index (κ3) is 4.05. The second-order valence-electron chi connectivity index (χ2n) is 6.20. The molecule has 4 N–H and O–H groups in total. The Kier molecular flexibility index (Phi) is 5.48. The number of benzene rings is 2. The molecule has 0 unspecified atom stereocenters. The molecule has 146 valence electrons. The zero-order valence-electron chi connectivity index (χ0n) is 15.7. The Labute approximate surface area is 163 Å². The molecule has 28 heavy (non-hydrogen) atoms. The first-order valence-corrected chi connectivity index (χ1v) is 10.0. The molecule has 3 aromatic rings. The van der Waals surface area contributed by atoms with Crippen LogP contribution in [0.4, 0.5) is 16.3 Å². The molecule has 8 nitrogen and oxygen atoms in total. The van der Waals surface area contributed by atoms with Gasteiger partial charge in [-0.15, -0.1) is 0 Å². The highest BCUT2D eigenvalue weighted by Crippen LogP contribution is 2.24. The average Bonchev–Trinajstić information content (AvgIpc) is 3.11. The number of aromatic nitrogens is 2. The third-order valence-corrected chi connectivity index (χ3v) is 5.90. The van der Waals surface area contributed by atoms with Crippen LogP contribution in [0.2, 0.25) is 0 Å². The summed E-state index contributed by atoms with van der Waals surface area (Å²) in [6.45, 7) is 3.62. The SMILES string of the molecule is CNS(=O)(=O)c1cccc(NC(=O)Nc2cc(-c3ccccc3C)[nH]n2)c1C. The topological polar surface area (TPSA) is 116 Å². The van der Waals surface area contributed by atoms with Crippen molar-refractivity contribution in [2.45, 2.75) is 18.7 Å². The number of anilines is 2. The monoisotopic (exact) mass is 399 g/mol. The van der Waals surface area contributed by atoms with Crippen molar-refractivity contribution < 1.29 is 13.2 Å². The second-order valence-corrected chi connectivity index (χ2v) is 8.05. The van der Waals surface area contributed by atoms with E-state index >= 15 is 0 Å². The number of rotatable bonds is 5. The number of urea groups is 1. The van der Waals surface area contributed by atoms with E-state index in [2.05, 4.69) is 25.6 Å². The quantitative estimate of drug-likeness (QED) is 0.527. The minimum atomic E-state index is -3.62. The molecular weight excluding hydrogens is 378 g/mol. The first-order chi connectivity index (χ1) is 13.3. The molecule has 1 heterocycles. The Balaban J connectivity index is 1.76. The number of nitrogens with zero attached hydrogens (tertiary/aromatic N) is 1. The van der Waals surface area contributed by atoms with E-state index in [0.29, 0.717) is 17.1 Å². The first-order valence-electron chi connectivity index (χ1n) is 8.54. The summed E-state index contributed by atoms with van der Waals surface area (Å²) < 4.78 is 26.4. The normalized spacial score (nSPS) is 11.2. The molecule has 9 heteroatoms. The highest BCUT2D eigenvalue weighted by Gasteiger charge is 2.17. The number of aryl methyl sites for hydroxylation is 1. The lowest BCUT2D eigenvalue weighted by molar-refractivity contribution is 0.262. The number of amides is 2. The molecule has 2 amide bonds. The van der Waals surface area contributed by atoms with E-state index in [-0.39, 0.29) is 4.90 Å². The van der Waals surface area contributed by atoms with Gasteiger partial charge in [-0.3, -0.25) is 10.4 Å². The van der Waals surface area contributed by atoms with Crippen LogP contribution in [0, 0.1) is 13.8 Å². The molecule has 0 radical (unpaired) electrons. The van der Waals surface area contributed by atoms with Crippen LogP contribution in [-0.4, -0.2) is 31.7 Å². The molecule has 2 aromatic carbocycles. The standard InChI is InChI=1S/C19H21N5O3S/c1-12-7-4-5-8-14(12)16-11-18(24-23-16)22-19(25)21-15-9-6-10-17(13(15)2)28(26,27)20-3/h4-11,20H,1-3H3,(H3,21,22,23,24,25). The second kappa shape index (κ2) is 7.83. The van der Waals surface area contributed by atoms with Crippen molar-refractivity contribution >= 4 is 27.6 Å². The van der Waals surface area contributed by atoms with Crippen LogP contribution < -0.4 is 15.4 Å².